The van der Waals surface area contributed by atoms with Crippen molar-refractivity contribution >= 4 is 33.2 Å². The zero-order valence-corrected chi connectivity index (χ0v) is 17.3. The molecule has 6 rings (SSSR count). The van der Waals surface area contributed by atoms with Crippen molar-refractivity contribution in [3.63, 3.8) is 0 Å². The molecular weight excluding hydrogens is 376 g/mol. The summed E-state index contributed by atoms with van der Waals surface area (Å²) in [5.41, 5.74) is 12.1. The second kappa shape index (κ2) is 6.36. The van der Waals surface area contributed by atoms with Crippen molar-refractivity contribution in [3.05, 3.63) is 70.0 Å². The van der Waals surface area contributed by atoms with Crippen LogP contribution >= 0.6 is 0 Å². The Morgan fingerprint density at radius 3 is 1.83 bits per heavy atom. The molecule has 4 N–H and O–H groups in total. The maximum absolute atomic E-state index is 10.7. The molecule has 6 nitrogen and oxygen atoms in total. The lowest BCUT2D eigenvalue weighted by atomic mass is 10.1. The van der Waals surface area contributed by atoms with Crippen LogP contribution in [-0.2, 0) is 10.8 Å². The van der Waals surface area contributed by atoms with E-state index in [0.29, 0.717) is 5.41 Å². The van der Waals surface area contributed by atoms with Crippen LogP contribution in [0.2, 0.25) is 0 Å². The maximum Gasteiger partial charge on any atom is 0.270 e. The summed E-state index contributed by atoms with van der Waals surface area (Å²) in [7, 11) is 0. The summed E-state index contributed by atoms with van der Waals surface area (Å²) in [5, 5.41) is 12.8. The van der Waals surface area contributed by atoms with Gasteiger partial charge in [0.25, 0.3) is 5.69 Å². The Hall–Kier alpha value is -3.28. The number of nitro groups is 1. The van der Waals surface area contributed by atoms with Gasteiger partial charge < -0.3 is 15.7 Å². The van der Waals surface area contributed by atoms with Gasteiger partial charge in [-0.1, -0.05) is 13.8 Å². The summed E-state index contributed by atoms with van der Waals surface area (Å²) >= 11 is 0. The van der Waals surface area contributed by atoms with Crippen molar-refractivity contribution in [2.75, 3.05) is 5.73 Å². The number of nitrogen functional groups attached to an aromatic ring is 1. The largest absolute Gasteiger partial charge is 0.399 e. The molecule has 0 amide bonds. The molecule has 154 valence electrons. The molecule has 0 radical (unpaired) electrons. The van der Waals surface area contributed by atoms with Crippen LogP contribution in [0.15, 0.2) is 48.5 Å². The Labute approximate surface area is 174 Å². The standard InChI is InChI=1S/C12H12N2O2.C12H14N2/c1-12(4-5-12)11-7-8-6-9(14(15)16)2-3-10(8)13-11;1-12(4-5-12)11-7-8-6-9(13)2-3-10(8)14-11/h2-3,6-7,13H,4-5H2,1H3;2-3,6-7,14H,4-5,13H2,1H3. The minimum Gasteiger partial charge on any atom is -0.399 e. The summed E-state index contributed by atoms with van der Waals surface area (Å²) in [4.78, 5) is 17.1. The third kappa shape index (κ3) is 3.32. The van der Waals surface area contributed by atoms with Crippen molar-refractivity contribution in [1.82, 2.24) is 9.97 Å². The molecule has 6 heteroatoms. The molecule has 0 unspecified atom stereocenters. The lowest BCUT2D eigenvalue weighted by molar-refractivity contribution is -0.384. The summed E-state index contributed by atoms with van der Waals surface area (Å²) < 4.78 is 0. The quantitative estimate of drug-likeness (QED) is 0.225. The zero-order valence-electron chi connectivity index (χ0n) is 17.3. The molecule has 2 aromatic heterocycles. The highest BCUT2D eigenvalue weighted by Gasteiger charge is 2.41. The van der Waals surface area contributed by atoms with E-state index < -0.39 is 0 Å². The van der Waals surface area contributed by atoms with Gasteiger partial charge in [0, 0.05) is 61.8 Å². The summed E-state index contributed by atoms with van der Waals surface area (Å²) in [6.45, 7) is 4.52. The number of benzene rings is 2. The number of aromatic nitrogens is 2. The molecule has 0 bridgehead atoms. The topological polar surface area (TPSA) is 101 Å². The van der Waals surface area contributed by atoms with Crippen molar-refractivity contribution in [3.8, 4) is 0 Å². The van der Waals surface area contributed by atoms with Crippen LogP contribution in [0.4, 0.5) is 11.4 Å². The van der Waals surface area contributed by atoms with Crippen LogP contribution in [0.5, 0.6) is 0 Å². The number of hydrogen-bond acceptors (Lipinski definition) is 3. The van der Waals surface area contributed by atoms with E-state index in [2.05, 4.69) is 35.9 Å². The van der Waals surface area contributed by atoms with Crippen molar-refractivity contribution < 1.29 is 4.92 Å². The second-order valence-corrected chi connectivity index (χ2v) is 9.36. The fourth-order valence-corrected chi connectivity index (χ4v) is 3.95. The average Bonchev–Trinajstić information content (AvgIpc) is 3.53. The first-order chi connectivity index (χ1) is 14.3. The van der Waals surface area contributed by atoms with Gasteiger partial charge in [-0.3, -0.25) is 10.1 Å². The minimum absolute atomic E-state index is 0.152. The van der Waals surface area contributed by atoms with Gasteiger partial charge in [0.05, 0.1) is 4.92 Å². The Morgan fingerprint density at radius 1 is 0.833 bits per heavy atom. The van der Waals surface area contributed by atoms with E-state index in [4.69, 9.17) is 5.73 Å². The number of nitrogens with one attached hydrogen (secondary N) is 2. The number of anilines is 1. The molecule has 2 aromatic carbocycles. The van der Waals surface area contributed by atoms with Crippen LogP contribution < -0.4 is 5.73 Å². The van der Waals surface area contributed by atoms with E-state index in [9.17, 15) is 10.1 Å². The van der Waals surface area contributed by atoms with Gasteiger partial charge in [-0.05, 0) is 62.1 Å². The number of nitrogens with two attached hydrogens (primary N) is 1. The molecule has 0 spiro atoms. The zero-order chi connectivity index (χ0) is 21.1. The van der Waals surface area contributed by atoms with Crippen molar-refractivity contribution in [2.24, 2.45) is 0 Å². The molecule has 4 aromatic rings. The monoisotopic (exact) mass is 402 g/mol. The Balaban J connectivity index is 0.000000130. The fourth-order valence-electron chi connectivity index (χ4n) is 3.95. The molecule has 30 heavy (non-hydrogen) atoms. The Morgan fingerprint density at radius 2 is 1.33 bits per heavy atom. The van der Waals surface area contributed by atoms with Gasteiger partial charge in [-0.25, -0.2) is 0 Å². The predicted octanol–water partition coefficient (Wildman–Crippen LogP) is 5.93. The highest BCUT2D eigenvalue weighted by molar-refractivity contribution is 5.84. The first kappa shape index (κ1) is 18.7. The third-order valence-corrected chi connectivity index (χ3v) is 6.76. The normalized spacial score (nSPS) is 18.1. The van der Waals surface area contributed by atoms with E-state index in [1.165, 1.54) is 54.0 Å². The fraction of sp³-hybridized carbons (Fsp3) is 0.333. The molecular formula is C24H26N4O2. The van der Waals surface area contributed by atoms with Gasteiger partial charge in [-0.15, -0.1) is 0 Å². The number of rotatable bonds is 3. The smallest absolute Gasteiger partial charge is 0.270 e. The number of non-ortho nitro benzene ring substituents is 1. The summed E-state index contributed by atoms with van der Waals surface area (Å²) in [6, 6.07) is 15.2. The third-order valence-electron chi connectivity index (χ3n) is 6.76. The SMILES string of the molecule is CC1(c2cc3cc(N)ccc3[nH]2)CC1.CC1(c2cc3cc([N+](=O)[O-])ccc3[nH]2)CC1. The highest BCUT2D eigenvalue weighted by Crippen LogP contribution is 2.48. The lowest BCUT2D eigenvalue weighted by Gasteiger charge is -2.02. The molecule has 2 fully saturated rings. The van der Waals surface area contributed by atoms with Crippen molar-refractivity contribution in [2.45, 2.75) is 50.4 Å². The van der Waals surface area contributed by atoms with Gasteiger partial charge in [0.2, 0.25) is 0 Å². The maximum atomic E-state index is 10.7. The minimum atomic E-state index is -0.356. The summed E-state index contributed by atoms with van der Waals surface area (Å²) in [5.74, 6) is 0. The number of H-pyrrole nitrogens is 2. The van der Waals surface area contributed by atoms with Crippen LogP contribution in [0.3, 0.4) is 0 Å². The average molecular weight is 402 g/mol. The van der Waals surface area contributed by atoms with E-state index in [1.807, 2.05) is 18.2 Å². The number of hydrogen-bond donors (Lipinski definition) is 3. The molecule has 2 saturated carbocycles. The van der Waals surface area contributed by atoms with Gasteiger partial charge in [0.1, 0.15) is 0 Å². The van der Waals surface area contributed by atoms with Crippen LogP contribution in [0, 0.1) is 10.1 Å². The first-order valence-corrected chi connectivity index (χ1v) is 10.4. The number of nitrogens with zero attached hydrogens (tertiary/aromatic N) is 1. The molecule has 2 aliphatic carbocycles. The van der Waals surface area contributed by atoms with E-state index in [1.54, 1.807) is 12.1 Å². The predicted molar refractivity (Wildman–Crippen MR) is 121 cm³/mol. The first-order valence-electron chi connectivity index (χ1n) is 10.4. The van der Waals surface area contributed by atoms with Crippen LogP contribution in [0.25, 0.3) is 21.8 Å². The number of fused-ring (bicyclic) bond motifs is 2. The van der Waals surface area contributed by atoms with Gasteiger partial charge in [-0.2, -0.15) is 0 Å². The van der Waals surface area contributed by atoms with Gasteiger partial charge in [0.15, 0.2) is 0 Å². The molecule has 0 atom stereocenters. The van der Waals surface area contributed by atoms with Crippen LogP contribution in [-0.4, -0.2) is 14.9 Å². The Bertz CT molecular complexity index is 1280. The number of aromatic amines is 2. The number of nitro benzene ring substituents is 1. The summed E-state index contributed by atoms with van der Waals surface area (Å²) in [6.07, 6.45) is 4.99. The van der Waals surface area contributed by atoms with Crippen LogP contribution in [0.1, 0.15) is 50.9 Å². The Kier molecular flexibility index (Phi) is 3.97. The second-order valence-electron chi connectivity index (χ2n) is 9.36. The van der Waals surface area contributed by atoms with Gasteiger partial charge >= 0.3 is 0 Å². The van der Waals surface area contributed by atoms with Crippen molar-refractivity contribution in [1.29, 1.82) is 0 Å². The van der Waals surface area contributed by atoms with E-state index in [-0.39, 0.29) is 16.0 Å². The molecule has 0 aliphatic heterocycles. The lowest BCUT2D eigenvalue weighted by Crippen LogP contribution is -1.98. The molecule has 0 saturated heterocycles. The highest BCUT2D eigenvalue weighted by atomic mass is 16.6. The molecule has 2 heterocycles. The molecule has 2 aliphatic rings. The van der Waals surface area contributed by atoms with E-state index >= 15 is 0 Å². The van der Waals surface area contributed by atoms with E-state index in [0.717, 1.165) is 16.6 Å².